The number of aliphatic hydroxyl groups is 2. The number of benzene rings is 1. The zero-order valence-electron chi connectivity index (χ0n) is 13.0. The van der Waals surface area contributed by atoms with Crippen LogP contribution in [0, 0.1) is 0 Å². The number of hydrogen-bond acceptors (Lipinski definition) is 4. The maximum Gasteiger partial charge on any atom is 0.191 e. The maximum absolute atomic E-state index is 9.39. The molecule has 1 atom stereocenters. The van der Waals surface area contributed by atoms with Gasteiger partial charge in [-0.05, 0) is 43.4 Å². The van der Waals surface area contributed by atoms with Gasteiger partial charge in [0.25, 0.3) is 0 Å². The van der Waals surface area contributed by atoms with Crippen LogP contribution in [-0.2, 0) is 11.3 Å². The van der Waals surface area contributed by atoms with Crippen molar-refractivity contribution in [1.29, 1.82) is 0 Å². The summed E-state index contributed by atoms with van der Waals surface area (Å²) in [7, 11) is 0. The van der Waals surface area contributed by atoms with E-state index in [1.165, 1.54) is 0 Å². The predicted octanol–water partition coefficient (Wildman–Crippen LogP) is 2.33. The third-order valence-electron chi connectivity index (χ3n) is 3.98. The van der Waals surface area contributed by atoms with Crippen molar-refractivity contribution in [2.75, 3.05) is 13.2 Å². The van der Waals surface area contributed by atoms with Gasteiger partial charge in [0.1, 0.15) is 6.61 Å². The summed E-state index contributed by atoms with van der Waals surface area (Å²) in [5.41, 5.74) is 2.62. The second kappa shape index (κ2) is 5.74. The Morgan fingerprint density at radius 1 is 1.32 bits per heavy atom. The molecule has 0 amide bonds. The fourth-order valence-electron chi connectivity index (χ4n) is 2.86. The lowest BCUT2D eigenvalue weighted by Crippen LogP contribution is -2.17. The third kappa shape index (κ3) is 2.87. The molecule has 0 radical (unpaired) electrons. The van der Waals surface area contributed by atoms with E-state index < -0.39 is 0 Å². The number of ether oxygens (including phenoxy) is 1. The van der Waals surface area contributed by atoms with E-state index >= 15 is 0 Å². The van der Waals surface area contributed by atoms with Crippen LogP contribution in [0.25, 0.3) is 10.9 Å². The molecule has 0 saturated heterocycles. The lowest BCUT2D eigenvalue weighted by molar-refractivity contribution is 0.255. The minimum Gasteiger partial charge on any atom is -0.478 e. The lowest BCUT2D eigenvalue weighted by atomic mass is 9.95. The van der Waals surface area contributed by atoms with Crippen molar-refractivity contribution < 1.29 is 14.9 Å². The van der Waals surface area contributed by atoms with Crippen LogP contribution in [-0.4, -0.2) is 39.8 Å². The summed E-state index contributed by atoms with van der Waals surface area (Å²) in [6.07, 6.45) is 0.577. The first kappa shape index (κ1) is 15.1. The standard InChI is InChI=1S/C17H22N2O3/c1-17(2)10-22-16(19-17)14(5-6-20)11-3-4-12-7-13(9-21)18-15(12)8-11/h3-4,7-8,14,18,20-21H,5-6,9-10H2,1-2H3. The topological polar surface area (TPSA) is 77.8 Å². The van der Waals surface area contributed by atoms with E-state index in [0.717, 1.165) is 22.2 Å². The van der Waals surface area contributed by atoms with Gasteiger partial charge in [0.15, 0.2) is 5.90 Å². The smallest absolute Gasteiger partial charge is 0.191 e. The fraction of sp³-hybridized carbons (Fsp3) is 0.471. The summed E-state index contributed by atoms with van der Waals surface area (Å²) in [5.74, 6) is 0.657. The van der Waals surface area contributed by atoms with E-state index in [2.05, 4.69) is 9.98 Å². The fourth-order valence-corrected chi connectivity index (χ4v) is 2.86. The van der Waals surface area contributed by atoms with Crippen LogP contribution in [0.2, 0.25) is 0 Å². The lowest BCUT2D eigenvalue weighted by Gasteiger charge is -2.16. The van der Waals surface area contributed by atoms with E-state index in [0.29, 0.717) is 18.9 Å². The average molecular weight is 302 g/mol. The average Bonchev–Trinajstić information content (AvgIpc) is 3.06. The van der Waals surface area contributed by atoms with Gasteiger partial charge in [-0.1, -0.05) is 12.1 Å². The van der Waals surface area contributed by atoms with Gasteiger partial charge in [-0.3, -0.25) is 0 Å². The molecule has 5 nitrogen and oxygen atoms in total. The molecule has 118 valence electrons. The monoisotopic (exact) mass is 302 g/mol. The molecule has 5 heteroatoms. The zero-order chi connectivity index (χ0) is 15.7. The van der Waals surface area contributed by atoms with Crippen molar-refractivity contribution in [3.8, 4) is 0 Å². The normalized spacial score (nSPS) is 18.3. The molecule has 1 aromatic heterocycles. The number of nitrogens with zero attached hydrogens (tertiary/aromatic N) is 1. The van der Waals surface area contributed by atoms with Crippen LogP contribution in [0.3, 0.4) is 0 Å². The SMILES string of the molecule is CC1(C)COC(C(CCO)c2ccc3cc(CO)[nH]c3c2)=N1. The van der Waals surface area contributed by atoms with Gasteiger partial charge in [-0.25, -0.2) is 4.99 Å². The molecule has 0 aliphatic carbocycles. The third-order valence-corrected chi connectivity index (χ3v) is 3.98. The summed E-state index contributed by atoms with van der Waals surface area (Å²) < 4.78 is 5.76. The van der Waals surface area contributed by atoms with Gasteiger partial charge in [-0.2, -0.15) is 0 Å². The van der Waals surface area contributed by atoms with E-state index in [9.17, 15) is 10.2 Å². The van der Waals surface area contributed by atoms with E-state index in [4.69, 9.17) is 4.74 Å². The number of rotatable bonds is 5. The molecular formula is C17H22N2O3. The van der Waals surface area contributed by atoms with Crippen LogP contribution in [0.5, 0.6) is 0 Å². The highest BCUT2D eigenvalue weighted by Crippen LogP contribution is 2.30. The van der Waals surface area contributed by atoms with E-state index in [-0.39, 0.29) is 24.7 Å². The second-order valence-electron chi connectivity index (χ2n) is 6.42. The Morgan fingerprint density at radius 2 is 2.14 bits per heavy atom. The summed E-state index contributed by atoms with van der Waals surface area (Å²) in [4.78, 5) is 7.85. The van der Waals surface area contributed by atoms with Crippen LogP contribution >= 0.6 is 0 Å². The Labute approximate surface area is 129 Å². The number of nitrogens with one attached hydrogen (secondary N) is 1. The van der Waals surface area contributed by atoms with Crippen molar-refractivity contribution in [2.24, 2.45) is 4.99 Å². The number of H-pyrrole nitrogens is 1. The molecule has 1 aliphatic rings. The van der Waals surface area contributed by atoms with Gasteiger partial charge < -0.3 is 19.9 Å². The minimum absolute atomic E-state index is 0.00586. The summed E-state index contributed by atoms with van der Waals surface area (Å²) in [5, 5.41) is 19.7. The molecule has 1 aliphatic heterocycles. The highest BCUT2D eigenvalue weighted by Gasteiger charge is 2.31. The number of hydrogen-bond donors (Lipinski definition) is 3. The molecule has 2 aromatic rings. The van der Waals surface area contributed by atoms with Crippen molar-refractivity contribution in [3.05, 3.63) is 35.5 Å². The van der Waals surface area contributed by atoms with Crippen LogP contribution in [0.4, 0.5) is 0 Å². The predicted molar refractivity (Wildman–Crippen MR) is 86.1 cm³/mol. The van der Waals surface area contributed by atoms with Crippen LogP contribution < -0.4 is 0 Å². The Morgan fingerprint density at radius 3 is 2.77 bits per heavy atom. The Kier molecular flexibility index (Phi) is 3.93. The first-order valence-corrected chi connectivity index (χ1v) is 7.58. The van der Waals surface area contributed by atoms with Gasteiger partial charge in [0, 0.05) is 17.8 Å². The Bertz CT molecular complexity index is 703. The van der Waals surface area contributed by atoms with Crippen molar-refractivity contribution >= 4 is 16.8 Å². The molecule has 2 heterocycles. The van der Waals surface area contributed by atoms with Gasteiger partial charge in [0.2, 0.25) is 0 Å². The van der Waals surface area contributed by atoms with Crippen LogP contribution in [0.1, 0.15) is 37.4 Å². The van der Waals surface area contributed by atoms with E-state index in [1.54, 1.807) is 0 Å². The Balaban J connectivity index is 1.97. The molecule has 0 spiro atoms. The second-order valence-corrected chi connectivity index (χ2v) is 6.42. The number of aromatic nitrogens is 1. The number of aromatic amines is 1. The molecule has 1 aromatic carbocycles. The first-order chi connectivity index (χ1) is 10.5. The number of fused-ring (bicyclic) bond motifs is 1. The molecule has 3 N–H and O–H groups in total. The molecule has 1 unspecified atom stereocenters. The highest BCUT2D eigenvalue weighted by atomic mass is 16.5. The summed E-state index contributed by atoms with van der Waals surface area (Å²) in [6, 6.07) is 8.04. The van der Waals surface area contributed by atoms with E-state index in [1.807, 2.05) is 38.1 Å². The highest BCUT2D eigenvalue weighted by molar-refractivity contribution is 5.88. The van der Waals surface area contributed by atoms with Crippen molar-refractivity contribution in [3.63, 3.8) is 0 Å². The quantitative estimate of drug-likeness (QED) is 0.793. The van der Waals surface area contributed by atoms with Crippen LogP contribution in [0.15, 0.2) is 29.3 Å². The molecule has 0 bridgehead atoms. The molecule has 0 saturated carbocycles. The number of aliphatic imine (C=N–C) groups is 1. The largest absolute Gasteiger partial charge is 0.478 e. The van der Waals surface area contributed by atoms with Gasteiger partial charge in [-0.15, -0.1) is 0 Å². The van der Waals surface area contributed by atoms with Gasteiger partial charge in [0.05, 0.1) is 18.1 Å². The van der Waals surface area contributed by atoms with Crippen molar-refractivity contribution in [2.45, 2.75) is 38.3 Å². The van der Waals surface area contributed by atoms with Crippen molar-refractivity contribution in [1.82, 2.24) is 4.98 Å². The summed E-state index contributed by atoms with van der Waals surface area (Å²) >= 11 is 0. The maximum atomic E-state index is 9.39. The molecule has 3 rings (SSSR count). The zero-order valence-corrected chi connectivity index (χ0v) is 13.0. The van der Waals surface area contributed by atoms with Gasteiger partial charge >= 0.3 is 0 Å². The molecular weight excluding hydrogens is 280 g/mol. The number of aliphatic hydroxyl groups excluding tert-OH is 2. The first-order valence-electron chi connectivity index (χ1n) is 7.58. The Hall–Kier alpha value is -1.85. The molecule has 0 fully saturated rings. The minimum atomic E-state index is -0.205. The molecule has 22 heavy (non-hydrogen) atoms. The summed E-state index contributed by atoms with van der Waals surface area (Å²) in [6.45, 7) is 4.73.